The van der Waals surface area contributed by atoms with Crippen LogP contribution < -0.4 is 5.32 Å². The van der Waals surface area contributed by atoms with E-state index in [1.54, 1.807) is 23.6 Å². The Morgan fingerprint density at radius 3 is 2.76 bits per heavy atom. The normalized spacial score (nSPS) is 14.3. The van der Waals surface area contributed by atoms with Crippen molar-refractivity contribution in [3.63, 3.8) is 0 Å². The summed E-state index contributed by atoms with van der Waals surface area (Å²) in [5.74, 6) is -0.107. The number of nitrogens with zero attached hydrogens (tertiary/aromatic N) is 1. The molecule has 0 fully saturated rings. The predicted octanol–water partition coefficient (Wildman–Crippen LogP) is 6.94. The fourth-order valence-electron chi connectivity index (χ4n) is 5.15. The van der Waals surface area contributed by atoms with Gasteiger partial charge in [0, 0.05) is 22.5 Å². The van der Waals surface area contributed by atoms with E-state index in [0.29, 0.717) is 11.2 Å². The molecule has 1 aliphatic rings. The van der Waals surface area contributed by atoms with Crippen molar-refractivity contribution < 1.29 is 4.79 Å². The number of H-pyrrole nitrogens is 1. The maximum absolute atomic E-state index is 13.5. The molecule has 0 saturated heterocycles. The quantitative estimate of drug-likeness (QED) is 0.302. The van der Waals surface area contributed by atoms with Crippen molar-refractivity contribution in [1.82, 2.24) is 15.3 Å². The maximum Gasteiger partial charge on any atom is 0.252 e. The highest BCUT2D eigenvalue weighted by molar-refractivity contribution is 7.17. The maximum atomic E-state index is 13.5. The summed E-state index contributed by atoms with van der Waals surface area (Å²) in [6.45, 7) is 0. The van der Waals surface area contributed by atoms with Crippen LogP contribution in [0.2, 0.25) is 0 Å². The molecule has 3 heterocycles. The van der Waals surface area contributed by atoms with Gasteiger partial charge in [-0.3, -0.25) is 4.79 Å². The molecule has 0 bridgehead atoms. The van der Waals surface area contributed by atoms with Crippen LogP contribution in [-0.2, 0) is 0 Å². The second-order valence-electron chi connectivity index (χ2n) is 8.54. The van der Waals surface area contributed by atoms with Crippen molar-refractivity contribution in [3.8, 4) is 22.3 Å². The number of benzene rings is 3. The van der Waals surface area contributed by atoms with E-state index in [1.807, 2.05) is 18.3 Å². The number of hydrogen-bond acceptors (Lipinski definition) is 3. The number of carbonyl (C=O) groups excluding carboxylic acids is 1. The van der Waals surface area contributed by atoms with E-state index in [-0.39, 0.29) is 11.9 Å². The third-order valence-electron chi connectivity index (χ3n) is 6.69. The highest BCUT2D eigenvalue weighted by Crippen LogP contribution is 2.48. The number of pyridine rings is 1. The van der Waals surface area contributed by atoms with Crippen molar-refractivity contribution in [2.24, 2.45) is 0 Å². The molecule has 0 aliphatic heterocycles. The Bertz CT molecular complexity index is 1730. The summed E-state index contributed by atoms with van der Waals surface area (Å²) in [7, 11) is 0. The van der Waals surface area contributed by atoms with Gasteiger partial charge in [-0.15, -0.1) is 11.3 Å². The zero-order valence-corrected chi connectivity index (χ0v) is 18.9. The molecule has 0 spiro atoms. The summed E-state index contributed by atoms with van der Waals surface area (Å²) in [5.41, 5.74) is 8.32. The van der Waals surface area contributed by atoms with E-state index < -0.39 is 0 Å². The molecule has 1 aliphatic carbocycles. The van der Waals surface area contributed by atoms with Crippen LogP contribution in [-0.4, -0.2) is 15.9 Å². The summed E-state index contributed by atoms with van der Waals surface area (Å²) in [6.07, 6.45) is 3.48. The molecule has 5 heteroatoms. The first-order valence-electron chi connectivity index (χ1n) is 11.2. The Labute approximate surface area is 199 Å². The summed E-state index contributed by atoms with van der Waals surface area (Å²) in [6, 6.07) is 27.1. The zero-order chi connectivity index (χ0) is 22.6. The fraction of sp³-hybridized carbons (Fsp3) is 0.0345. The monoisotopic (exact) mass is 457 g/mol. The minimum Gasteiger partial charge on any atom is -0.346 e. The van der Waals surface area contributed by atoms with Gasteiger partial charge in [-0.2, -0.15) is 0 Å². The number of thiophene rings is 1. The SMILES string of the molecule is O=C(NC1c2ccccc2-c2c(-c3ccc4sccc4c3)cccc21)c1ccnc2[nH]ccc12. The van der Waals surface area contributed by atoms with Crippen LogP contribution in [0.5, 0.6) is 0 Å². The number of aromatic amines is 1. The van der Waals surface area contributed by atoms with E-state index >= 15 is 0 Å². The Balaban J connectivity index is 1.36. The van der Waals surface area contributed by atoms with Crippen LogP contribution in [0.1, 0.15) is 27.5 Å². The first kappa shape index (κ1) is 19.3. The predicted molar refractivity (Wildman–Crippen MR) is 138 cm³/mol. The minimum atomic E-state index is -0.217. The zero-order valence-electron chi connectivity index (χ0n) is 18.1. The number of hydrogen-bond donors (Lipinski definition) is 2. The van der Waals surface area contributed by atoms with E-state index in [2.05, 4.69) is 81.3 Å². The van der Waals surface area contributed by atoms with Crippen molar-refractivity contribution in [1.29, 1.82) is 0 Å². The van der Waals surface area contributed by atoms with Gasteiger partial charge in [-0.25, -0.2) is 4.98 Å². The van der Waals surface area contributed by atoms with E-state index in [1.165, 1.54) is 32.3 Å². The third-order valence-corrected chi connectivity index (χ3v) is 7.59. The number of rotatable bonds is 3. The van der Waals surface area contributed by atoms with Crippen LogP contribution in [0.15, 0.2) is 96.6 Å². The first-order chi connectivity index (χ1) is 16.8. The van der Waals surface area contributed by atoms with Gasteiger partial charge < -0.3 is 10.3 Å². The Hall–Kier alpha value is -4.22. The Kier molecular flexibility index (Phi) is 4.19. The molecule has 2 N–H and O–H groups in total. The van der Waals surface area contributed by atoms with Crippen LogP contribution in [0.25, 0.3) is 43.4 Å². The van der Waals surface area contributed by atoms with Crippen LogP contribution >= 0.6 is 11.3 Å². The molecule has 3 aromatic heterocycles. The molecule has 3 aromatic carbocycles. The van der Waals surface area contributed by atoms with Crippen LogP contribution in [0, 0.1) is 0 Å². The first-order valence-corrected chi connectivity index (χ1v) is 12.1. The average molecular weight is 458 g/mol. The van der Waals surface area contributed by atoms with E-state index in [4.69, 9.17) is 0 Å². The van der Waals surface area contributed by atoms with Crippen molar-refractivity contribution in [2.45, 2.75) is 6.04 Å². The lowest BCUT2D eigenvalue weighted by atomic mass is 9.93. The molecule has 0 saturated carbocycles. The topological polar surface area (TPSA) is 57.8 Å². The summed E-state index contributed by atoms with van der Waals surface area (Å²) in [4.78, 5) is 20.9. The lowest BCUT2D eigenvalue weighted by Crippen LogP contribution is -2.28. The van der Waals surface area contributed by atoms with Gasteiger partial charge in [0.25, 0.3) is 5.91 Å². The van der Waals surface area contributed by atoms with Gasteiger partial charge in [-0.1, -0.05) is 48.5 Å². The second kappa shape index (κ2) is 7.40. The van der Waals surface area contributed by atoms with Crippen LogP contribution in [0.3, 0.4) is 0 Å². The van der Waals surface area contributed by atoms with Gasteiger partial charge >= 0.3 is 0 Å². The Morgan fingerprint density at radius 2 is 1.79 bits per heavy atom. The minimum absolute atomic E-state index is 0.107. The van der Waals surface area contributed by atoms with Gasteiger partial charge in [-0.05, 0) is 74.5 Å². The molecule has 34 heavy (non-hydrogen) atoms. The second-order valence-corrected chi connectivity index (χ2v) is 9.48. The molecule has 162 valence electrons. The lowest BCUT2D eigenvalue weighted by molar-refractivity contribution is 0.0945. The number of amides is 1. The molecule has 7 rings (SSSR count). The molecule has 4 nitrogen and oxygen atoms in total. The van der Waals surface area contributed by atoms with Gasteiger partial charge in [0.15, 0.2) is 0 Å². The number of fused-ring (bicyclic) bond motifs is 5. The number of nitrogens with one attached hydrogen (secondary N) is 2. The van der Waals surface area contributed by atoms with Crippen molar-refractivity contribution >= 4 is 38.4 Å². The van der Waals surface area contributed by atoms with E-state index in [9.17, 15) is 4.79 Å². The van der Waals surface area contributed by atoms with Crippen molar-refractivity contribution in [2.75, 3.05) is 0 Å². The molecule has 6 aromatic rings. The fourth-order valence-corrected chi connectivity index (χ4v) is 5.92. The van der Waals surface area contributed by atoms with Gasteiger partial charge in [0.1, 0.15) is 5.65 Å². The summed E-state index contributed by atoms with van der Waals surface area (Å²) < 4.78 is 1.29. The lowest BCUT2D eigenvalue weighted by Gasteiger charge is -2.17. The largest absolute Gasteiger partial charge is 0.346 e. The molecular weight excluding hydrogens is 438 g/mol. The summed E-state index contributed by atoms with van der Waals surface area (Å²) in [5, 5.41) is 7.52. The average Bonchev–Trinajstić information content (AvgIpc) is 3.61. The molecule has 1 unspecified atom stereocenters. The smallest absolute Gasteiger partial charge is 0.252 e. The van der Waals surface area contributed by atoms with Crippen LogP contribution in [0.4, 0.5) is 0 Å². The van der Waals surface area contributed by atoms with Gasteiger partial charge in [0.05, 0.1) is 11.6 Å². The molecular formula is C29H19N3OS. The van der Waals surface area contributed by atoms with Gasteiger partial charge in [0.2, 0.25) is 0 Å². The highest BCUT2D eigenvalue weighted by Gasteiger charge is 2.32. The van der Waals surface area contributed by atoms with E-state index in [0.717, 1.165) is 16.5 Å². The number of carbonyl (C=O) groups is 1. The third kappa shape index (κ3) is 2.84. The standard InChI is InChI=1S/C29H19N3OS/c33-29(23-11-14-31-28-22(23)10-13-30-28)32-27-21-5-2-1-4-20(21)26-19(6-3-7-24(26)27)17-8-9-25-18(16-17)12-15-34-25/h1-16,27H,(H,30,31)(H,32,33). The Morgan fingerprint density at radius 1 is 0.912 bits per heavy atom. The van der Waals surface area contributed by atoms with Crippen molar-refractivity contribution in [3.05, 3.63) is 113 Å². The molecule has 0 radical (unpaired) electrons. The molecule has 1 atom stereocenters. The summed E-state index contributed by atoms with van der Waals surface area (Å²) >= 11 is 1.76. The molecule has 1 amide bonds. The number of aromatic nitrogens is 2. The highest BCUT2D eigenvalue weighted by atomic mass is 32.1.